The number of sulfonamides is 1. The van der Waals surface area contributed by atoms with Gasteiger partial charge in [-0.15, -0.1) is 0 Å². The molecule has 0 amide bonds. The molecule has 2 atom stereocenters. The van der Waals surface area contributed by atoms with Gasteiger partial charge in [-0.05, 0) is 24.2 Å². The summed E-state index contributed by atoms with van der Waals surface area (Å²) in [6, 6.07) is 0. The van der Waals surface area contributed by atoms with Crippen LogP contribution in [0.3, 0.4) is 0 Å². The lowest BCUT2D eigenvalue weighted by Gasteiger charge is -2.37. The van der Waals surface area contributed by atoms with Gasteiger partial charge in [0.1, 0.15) is 0 Å². The molecular formula is C11H24N2O2S. The molecule has 1 rings (SSSR count). The van der Waals surface area contributed by atoms with Crippen LogP contribution >= 0.6 is 0 Å². The first kappa shape index (κ1) is 13.9. The van der Waals surface area contributed by atoms with Crippen molar-refractivity contribution >= 4 is 10.0 Å². The topological polar surface area (TPSA) is 63.4 Å². The Morgan fingerprint density at radius 1 is 1.38 bits per heavy atom. The summed E-state index contributed by atoms with van der Waals surface area (Å²) >= 11 is 0. The highest BCUT2D eigenvalue weighted by molar-refractivity contribution is 7.89. The van der Waals surface area contributed by atoms with E-state index in [0.717, 1.165) is 12.8 Å². The fourth-order valence-corrected chi connectivity index (χ4v) is 4.37. The van der Waals surface area contributed by atoms with Crippen LogP contribution in [0.15, 0.2) is 0 Å². The van der Waals surface area contributed by atoms with Crippen molar-refractivity contribution in [1.29, 1.82) is 0 Å². The zero-order chi connectivity index (χ0) is 12.6. The zero-order valence-electron chi connectivity index (χ0n) is 10.7. The minimum absolute atomic E-state index is 0.167. The van der Waals surface area contributed by atoms with Gasteiger partial charge in [0.25, 0.3) is 0 Å². The van der Waals surface area contributed by atoms with Crippen LogP contribution in [0, 0.1) is 11.3 Å². The quantitative estimate of drug-likeness (QED) is 0.803. The molecule has 0 aromatic carbocycles. The molecule has 0 aromatic rings. The number of piperidine rings is 1. The lowest BCUT2D eigenvalue weighted by Crippen LogP contribution is -2.54. The Balaban J connectivity index is 2.83. The molecule has 2 N–H and O–H groups in total. The van der Waals surface area contributed by atoms with E-state index in [0.29, 0.717) is 6.54 Å². The Bertz CT molecular complexity index is 332. The van der Waals surface area contributed by atoms with Gasteiger partial charge >= 0.3 is 0 Å². The second-order valence-electron chi connectivity index (χ2n) is 6.04. The first-order chi connectivity index (χ1) is 7.13. The lowest BCUT2D eigenvalue weighted by atomic mass is 9.99. The van der Waals surface area contributed by atoms with Crippen LogP contribution in [0.4, 0.5) is 0 Å². The average Bonchev–Trinajstić information content (AvgIpc) is 2.05. The molecule has 0 bridgehead atoms. The summed E-state index contributed by atoms with van der Waals surface area (Å²) in [6.45, 7) is 8.39. The van der Waals surface area contributed by atoms with E-state index in [1.54, 1.807) is 0 Å². The largest absolute Gasteiger partial charge is 0.315 e. The summed E-state index contributed by atoms with van der Waals surface area (Å²) in [6.07, 6.45) is 1.59. The third-order valence-electron chi connectivity index (χ3n) is 2.93. The SMILES string of the molecule is CC1CCCN(S(=O)(=O)CC(C)(C)C)C1N. The van der Waals surface area contributed by atoms with Gasteiger partial charge in [-0.1, -0.05) is 27.7 Å². The second kappa shape index (κ2) is 4.63. The number of hydrogen-bond acceptors (Lipinski definition) is 3. The molecule has 0 aliphatic carbocycles. The number of nitrogens with zero attached hydrogens (tertiary/aromatic N) is 1. The first-order valence-corrected chi connectivity index (χ1v) is 7.49. The van der Waals surface area contributed by atoms with Crippen molar-refractivity contribution in [3.63, 3.8) is 0 Å². The molecule has 1 saturated heterocycles. The molecule has 0 saturated carbocycles. The van der Waals surface area contributed by atoms with Crippen LogP contribution in [0.5, 0.6) is 0 Å². The molecule has 1 heterocycles. The van der Waals surface area contributed by atoms with Gasteiger partial charge in [-0.3, -0.25) is 0 Å². The van der Waals surface area contributed by atoms with Crippen LogP contribution in [0.1, 0.15) is 40.5 Å². The van der Waals surface area contributed by atoms with Gasteiger partial charge in [0.15, 0.2) is 0 Å². The molecule has 0 radical (unpaired) electrons. The van der Waals surface area contributed by atoms with Gasteiger partial charge in [-0.25, -0.2) is 8.42 Å². The zero-order valence-corrected chi connectivity index (χ0v) is 11.5. The van der Waals surface area contributed by atoms with Crippen molar-refractivity contribution in [2.45, 2.75) is 46.7 Å². The fourth-order valence-electron chi connectivity index (χ4n) is 2.13. The van der Waals surface area contributed by atoms with E-state index in [9.17, 15) is 8.42 Å². The van der Waals surface area contributed by atoms with Crippen LogP contribution in [-0.4, -0.2) is 31.2 Å². The van der Waals surface area contributed by atoms with Crippen molar-refractivity contribution in [2.24, 2.45) is 17.1 Å². The van der Waals surface area contributed by atoms with E-state index in [1.807, 2.05) is 27.7 Å². The third kappa shape index (κ3) is 3.43. The van der Waals surface area contributed by atoms with Crippen molar-refractivity contribution in [1.82, 2.24) is 4.31 Å². The van der Waals surface area contributed by atoms with Crippen LogP contribution in [-0.2, 0) is 10.0 Å². The molecule has 96 valence electrons. The monoisotopic (exact) mass is 248 g/mol. The van der Waals surface area contributed by atoms with Crippen molar-refractivity contribution in [2.75, 3.05) is 12.3 Å². The minimum atomic E-state index is -3.21. The number of nitrogens with two attached hydrogens (primary N) is 1. The van der Waals surface area contributed by atoms with E-state index in [1.165, 1.54) is 4.31 Å². The summed E-state index contributed by atoms with van der Waals surface area (Å²) in [5.41, 5.74) is 5.75. The van der Waals surface area contributed by atoms with Gasteiger partial charge in [0.2, 0.25) is 10.0 Å². The summed E-state index contributed by atoms with van der Waals surface area (Å²) < 4.78 is 25.9. The highest BCUT2D eigenvalue weighted by atomic mass is 32.2. The highest BCUT2D eigenvalue weighted by Crippen LogP contribution is 2.26. The van der Waals surface area contributed by atoms with Crippen molar-refractivity contribution in [3.05, 3.63) is 0 Å². The Morgan fingerprint density at radius 2 is 1.94 bits per heavy atom. The van der Waals surface area contributed by atoms with E-state index in [-0.39, 0.29) is 23.3 Å². The summed E-state index contributed by atoms with van der Waals surface area (Å²) in [4.78, 5) is 0. The molecule has 16 heavy (non-hydrogen) atoms. The Morgan fingerprint density at radius 3 is 2.44 bits per heavy atom. The number of rotatable bonds is 2. The molecule has 1 fully saturated rings. The van der Waals surface area contributed by atoms with E-state index >= 15 is 0 Å². The molecule has 4 nitrogen and oxygen atoms in total. The summed E-state index contributed by atoms with van der Waals surface area (Å²) in [5, 5.41) is 0. The second-order valence-corrected chi connectivity index (χ2v) is 7.96. The Hall–Kier alpha value is -0.130. The third-order valence-corrected chi connectivity index (χ3v) is 5.30. The minimum Gasteiger partial charge on any atom is -0.315 e. The molecule has 2 unspecified atom stereocenters. The maximum absolute atomic E-state index is 12.2. The maximum atomic E-state index is 12.2. The first-order valence-electron chi connectivity index (χ1n) is 5.88. The van der Waals surface area contributed by atoms with Crippen LogP contribution < -0.4 is 5.73 Å². The van der Waals surface area contributed by atoms with E-state index in [2.05, 4.69) is 0 Å². The van der Waals surface area contributed by atoms with Gasteiger partial charge in [0.05, 0.1) is 11.9 Å². The Kier molecular flexibility index (Phi) is 4.03. The number of hydrogen-bond donors (Lipinski definition) is 1. The molecule has 0 spiro atoms. The van der Waals surface area contributed by atoms with Crippen LogP contribution in [0.2, 0.25) is 0 Å². The molecular weight excluding hydrogens is 224 g/mol. The standard InChI is InChI=1S/C11H24N2O2S/c1-9-6-5-7-13(10(9)12)16(14,15)8-11(2,3)4/h9-10H,5-8,12H2,1-4H3. The molecule has 5 heteroatoms. The van der Waals surface area contributed by atoms with E-state index < -0.39 is 10.0 Å². The Labute approximate surface area is 99.2 Å². The van der Waals surface area contributed by atoms with E-state index in [4.69, 9.17) is 5.73 Å². The summed E-state index contributed by atoms with van der Waals surface area (Å²) in [5.74, 6) is 0.420. The van der Waals surface area contributed by atoms with Crippen molar-refractivity contribution < 1.29 is 8.42 Å². The normalized spacial score (nSPS) is 29.3. The van der Waals surface area contributed by atoms with Gasteiger partial charge in [0, 0.05) is 6.54 Å². The van der Waals surface area contributed by atoms with Gasteiger partial charge in [-0.2, -0.15) is 4.31 Å². The molecule has 1 aliphatic rings. The van der Waals surface area contributed by atoms with Gasteiger partial charge < -0.3 is 5.73 Å². The van der Waals surface area contributed by atoms with Crippen molar-refractivity contribution in [3.8, 4) is 0 Å². The predicted molar refractivity (Wildman–Crippen MR) is 66.3 cm³/mol. The average molecular weight is 248 g/mol. The van der Waals surface area contributed by atoms with Crippen LogP contribution in [0.25, 0.3) is 0 Å². The predicted octanol–water partition coefficient (Wildman–Crippen LogP) is 1.38. The fraction of sp³-hybridized carbons (Fsp3) is 1.00. The smallest absolute Gasteiger partial charge is 0.215 e. The maximum Gasteiger partial charge on any atom is 0.215 e. The lowest BCUT2D eigenvalue weighted by molar-refractivity contribution is 0.190. The highest BCUT2D eigenvalue weighted by Gasteiger charge is 2.35. The molecule has 1 aliphatic heterocycles. The summed E-state index contributed by atoms with van der Waals surface area (Å²) in [7, 11) is -3.21. The molecule has 0 aromatic heterocycles.